The summed E-state index contributed by atoms with van der Waals surface area (Å²) in [6.45, 7) is 4.00. The Morgan fingerprint density at radius 1 is 1.25 bits per heavy atom. The normalized spacial score (nSPS) is 24.6. The first-order chi connectivity index (χ1) is 9.66. The third-order valence-corrected chi connectivity index (χ3v) is 4.29. The largest absolute Gasteiger partial charge is 0.391 e. The molecular weight excluding hydrogens is 252 g/mol. The molecule has 0 spiro atoms. The van der Waals surface area contributed by atoms with E-state index in [-0.39, 0.29) is 17.9 Å². The van der Waals surface area contributed by atoms with E-state index >= 15 is 0 Å². The maximum Gasteiger partial charge on any atom is 0.273 e. The standard InChI is InChI=1S/C16H20N2O2/c1-10-6-5-7-11(2)14(10)17-16(19)15-12-8-3-4-9-13(12)20-18-15/h5-7,12-13H,3-4,8-9H2,1-2H3,(H,17,19). The van der Waals surface area contributed by atoms with Crippen molar-refractivity contribution in [2.75, 3.05) is 5.32 Å². The van der Waals surface area contributed by atoms with Gasteiger partial charge in [-0.1, -0.05) is 29.8 Å². The van der Waals surface area contributed by atoms with Gasteiger partial charge in [0.1, 0.15) is 6.10 Å². The number of carbonyl (C=O) groups is 1. The van der Waals surface area contributed by atoms with Crippen LogP contribution in [0.5, 0.6) is 0 Å². The molecule has 0 saturated heterocycles. The maximum atomic E-state index is 12.5. The van der Waals surface area contributed by atoms with E-state index in [4.69, 9.17) is 4.84 Å². The fourth-order valence-corrected chi connectivity index (χ4v) is 3.13. The fourth-order valence-electron chi connectivity index (χ4n) is 3.13. The number of benzene rings is 1. The van der Waals surface area contributed by atoms with Crippen molar-refractivity contribution in [2.24, 2.45) is 11.1 Å². The molecule has 0 radical (unpaired) electrons. The van der Waals surface area contributed by atoms with E-state index in [2.05, 4.69) is 10.5 Å². The number of aryl methyl sites for hydroxylation is 2. The summed E-state index contributed by atoms with van der Waals surface area (Å²) in [5.74, 6) is 0.0601. The minimum atomic E-state index is -0.114. The molecule has 1 heterocycles. The van der Waals surface area contributed by atoms with E-state index in [1.54, 1.807) is 0 Å². The highest BCUT2D eigenvalue weighted by Crippen LogP contribution is 2.33. The molecule has 4 heteroatoms. The Kier molecular flexibility index (Phi) is 3.47. The van der Waals surface area contributed by atoms with Crippen LogP contribution in [0.1, 0.15) is 36.8 Å². The van der Waals surface area contributed by atoms with Gasteiger partial charge in [0.05, 0.1) is 0 Å². The van der Waals surface area contributed by atoms with Crippen molar-refractivity contribution in [1.82, 2.24) is 0 Å². The van der Waals surface area contributed by atoms with Crippen LogP contribution in [-0.2, 0) is 9.63 Å². The van der Waals surface area contributed by atoms with Crippen LogP contribution in [-0.4, -0.2) is 17.7 Å². The number of amides is 1. The second kappa shape index (κ2) is 5.27. The highest BCUT2D eigenvalue weighted by molar-refractivity contribution is 6.44. The van der Waals surface area contributed by atoms with Crippen LogP contribution in [0.15, 0.2) is 23.4 Å². The molecular formula is C16H20N2O2. The van der Waals surface area contributed by atoms with Crippen LogP contribution in [0.3, 0.4) is 0 Å². The van der Waals surface area contributed by atoms with Gasteiger partial charge in [0.25, 0.3) is 5.91 Å². The van der Waals surface area contributed by atoms with Crippen LogP contribution in [0.2, 0.25) is 0 Å². The average Bonchev–Trinajstić information content (AvgIpc) is 2.87. The number of fused-ring (bicyclic) bond motifs is 1. The van der Waals surface area contributed by atoms with Gasteiger partial charge in [-0.2, -0.15) is 0 Å². The monoisotopic (exact) mass is 272 g/mol. The molecule has 106 valence electrons. The molecule has 1 N–H and O–H groups in total. The zero-order valence-corrected chi connectivity index (χ0v) is 12.0. The van der Waals surface area contributed by atoms with E-state index in [1.165, 1.54) is 6.42 Å². The van der Waals surface area contributed by atoms with Crippen molar-refractivity contribution in [3.05, 3.63) is 29.3 Å². The SMILES string of the molecule is Cc1cccc(C)c1NC(=O)C1=NOC2CCCCC12. The van der Waals surface area contributed by atoms with E-state index < -0.39 is 0 Å². The molecule has 1 fully saturated rings. The minimum Gasteiger partial charge on any atom is -0.391 e. The second-order valence-electron chi connectivity index (χ2n) is 5.73. The summed E-state index contributed by atoms with van der Waals surface area (Å²) in [6, 6.07) is 5.99. The Balaban J connectivity index is 1.77. The molecule has 4 nitrogen and oxygen atoms in total. The minimum absolute atomic E-state index is 0.113. The first-order valence-corrected chi connectivity index (χ1v) is 7.28. The molecule has 0 aromatic heterocycles. The molecule has 1 aromatic carbocycles. The Morgan fingerprint density at radius 2 is 1.95 bits per heavy atom. The molecule has 1 aliphatic heterocycles. The number of anilines is 1. The average molecular weight is 272 g/mol. The number of nitrogens with one attached hydrogen (secondary N) is 1. The van der Waals surface area contributed by atoms with Crippen molar-refractivity contribution in [3.8, 4) is 0 Å². The van der Waals surface area contributed by atoms with Gasteiger partial charge in [-0.05, 0) is 44.2 Å². The predicted octanol–water partition coefficient (Wildman–Crippen LogP) is 3.19. The summed E-state index contributed by atoms with van der Waals surface area (Å²) in [4.78, 5) is 17.9. The Hall–Kier alpha value is -1.84. The lowest BCUT2D eigenvalue weighted by atomic mass is 9.83. The lowest BCUT2D eigenvalue weighted by molar-refractivity contribution is -0.110. The Bertz CT molecular complexity index is 545. The molecule has 3 rings (SSSR count). The summed E-state index contributed by atoms with van der Waals surface area (Å²) in [6.07, 6.45) is 4.45. The highest BCUT2D eigenvalue weighted by Gasteiger charge is 2.39. The van der Waals surface area contributed by atoms with Crippen molar-refractivity contribution in [3.63, 3.8) is 0 Å². The molecule has 2 unspecified atom stereocenters. The van der Waals surface area contributed by atoms with Crippen LogP contribution < -0.4 is 5.32 Å². The van der Waals surface area contributed by atoms with Crippen LogP contribution in [0.4, 0.5) is 5.69 Å². The van der Waals surface area contributed by atoms with Gasteiger partial charge in [-0.25, -0.2) is 0 Å². The number of rotatable bonds is 2. The second-order valence-corrected chi connectivity index (χ2v) is 5.73. The van der Waals surface area contributed by atoms with Crippen LogP contribution >= 0.6 is 0 Å². The van der Waals surface area contributed by atoms with E-state index in [9.17, 15) is 4.79 Å². The summed E-state index contributed by atoms with van der Waals surface area (Å²) in [5, 5.41) is 7.04. The highest BCUT2D eigenvalue weighted by atomic mass is 16.6. The predicted molar refractivity (Wildman–Crippen MR) is 78.8 cm³/mol. The molecule has 0 bridgehead atoms. The summed E-state index contributed by atoms with van der Waals surface area (Å²) in [5.41, 5.74) is 3.59. The Labute approximate surface area is 119 Å². The van der Waals surface area contributed by atoms with Crippen LogP contribution in [0.25, 0.3) is 0 Å². The van der Waals surface area contributed by atoms with Gasteiger partial charge in [-0.3, -0.25) is 4.79 Å². The number of carbonyl (C=O) groups excluding carboxylic acids is 1. The summed E-state index contributed by atoms with van der Waals surface area (Å²) in [7, 11) is 0. The van der Waals surface area contributed by atoms with Gasteiger partial charge in [-0.15, -0.1) is 0 Å². The van der Waals surface area contributed by atoms with Gasteiger partial charge in [0.2, 0.25) is 0 Å². The zero-order chi connectivity index (χ0) is 14.1. The zero-order valence-electron chi connectivity index (χ0n) is 12.0. The third kappa shape index (κ3) is 2.30. The van der Waals surface area contributed by atoms with Gasteiger partial charge < -0.3 is 10.2 Å². The van der Waals surface area contributed by atoms with Crippen molar-refractivity contribution >= 4 is 17.3 Å². The Morgan fingerprint density at radius 3 is 2.70 bits per heavy atom. The molecule has 2 aliphatic rings. The third-order valence-electron chi connectivity index (χ3n) is 4.29. The molecule has 2 atom stereocenters. The van der Waals surface area contributed by atoms with Gasteiger partial charge in [0.15, 0.2) is 5.71 Å². The first kappa shape index (κ1) is 13.2. The van der Waals surface area contributed by atoms with Crippen molar-refractivity contribution in [1.29, 1.82) is 0 Å². The number of para-hydroxylation sites is 1. The first-order valence-electron chi connectivity index (χ1n) is 7.28. The molecule has 1 aromatic rings. The number of nitrogens with zero attached hydrogens (tertiary/aromatic N) is 1. The van der Waals surface area contributed by atoms with Crippen molar-refractivity contribution in [2.45, 2.75) is 45.6 Å². The smallest absolute Gasteiger partial charge is 0.273 e. The van der Waals surface area contributed by atoms with E-state index in [0.717, 1.165) is 36.1 Å². The number of hydrogen-bond acceptors (Lipinski definition) is 3. The molecule has 1 aliphatic carbocycles. The molecule has 1 amide bonds. The quantitative estimate of drug-likeness (QED) is 0.899. The molecule has 1 saturated carbocycles. The maximum absolute atomic E-state index is 12.5. The van der Waals surface area contributed by atoms with E-state index in [1.807, 2.05) is 32.0 Å². The van der Waals surface area contributed by atoms with Crippen molar-refractivity contribution < 1.29 is 9.63 Å². The van der Waals surface area contributed by atoms with Crippen LogP contribution in [0, 0.1) is 19.8 Å². The van der Waals surface area contributed by atoms with Gasteiger partial charge in [0, 0.05) is 11.6 Å². The van der Waals surface area contributed by atoms with Gasteiger partial charge >= 0.3 is 0 Å². The lowest BCUT2D eigenvalue weighted by Crippen LogP contribution is -2.34. The lowest BCUT2D eigenvalue weighted by Gasteiger charge is -2.23. The number of hydrogen-bond donors (Lipinski definition) is 1. The topological polar surface area (TPSA) is 50.7 Å². The number of oxime groups is 1. The van der Waals surface area contributed by atoms with E-state index in [0.29, 0.717) is 5.71 Å². The molecule has 20 heavy (non-hydrogen) atoms. The fraction of sp³-hybridized carbons (Fsp3) is 0.500. The summed E-state index contributed by atoms with van der Waals surface area (Å²) < 4.78 is 0. The summed E-state index contributed by atoms with van der Waals surface area (Å²) >= 11 is 0.